The van der Waals surface area contributed by atoms with Gasteiger partial charge in [-0.1, -0.05) is 19.1 Å². The zero-order chi connectivity index (χ0) is 26.9. The Morgan fingerprint density at radius 3 is 2.56 bits per heavy atom. The number of nitrogens with zero attached hydrogens (tertiary/aromatic N) is 7. The predicted octanol–water partition coefficient (Wildman–Crippen LogP) is 4.63. The van der Waals surface area contributed by atoms with E-state index in [1.807, 2.05) is 42.6 Å². The molecule has 4 aromatic heterocycles. The van der Waals surface area contributed by atoms with Crippen LogP contribution in [0.15, 0.2) is 71.9 Å². The maximum absolute atomic E-state index is 13.7. The molecule has 1 aromatic carbocycles. The van der Waals surface area contributed by atoms with Crippen molar-refractivity contribution in [3.8, 4) is 16.9 Å². The molecular weight excluding hydrogens is 498 g/mol. The summed E-state index contributed by atoms with van der Waals surface area (Å²) < 4.78 is 8.59. The smallest absolute Gasteiger partial charge is 0.341 e. The number of aromatic nitrogens is 6. The molecular formula is C28H27N7O4. The van der Waals surface area contributed by atoms with Crippen LogP contribution < -0.4 is 4.90 Å². The van der Waals surface area contributed by atoms with Gasteiger partial charge >= 0.3 is 5.97 Å². The fraction of sp³-hybridized carbons (Fsp3) is 0.286. The zero-order valence-corrected chi connectivity index (χ0v) is 21.3. The van der Waals surface area contributed by atoms with Crippen molar-refractivity contribution in [2.75, 3.05) is 4.90 Å². The summed E-state index contributed by atoms with van der Waals surface area (Å²) in [4.78, 5) is 35.9. The van der Waals surface area contributed by atoms with Gasteiger partial charge in [0.15, 0.2) is 11.5 Å². The lowest BCUT2D eigenvalue weighted by molar-refractivity contribution is -0.123. The second kappa shape index (κ2) is 10.2. The van der Waals surface area contributed by atoms with Crippen LogP contribution in [0.4, 0.5) is 5.82 Å². The number of fused-ring (bicyclic) bond motifs is 1. The standard InChI is InChI=1S/C28H27N7O4/c1-18-3-5-20(6-4-18)27(36)33(17-25-30-12-14-39-25)26-22(28(37)38)16-35(32-26)21-9-7-19(8-10-21)23-15-24-29-11-2-13-34(24)31-23/h2,7-16,18,20H,3-6,17H2,1H3,(H,37,38)/t18-,20-. The Bertz CT molecular complexity index is 1580. The van der Waals surface area contributed by atoms with Crippen LogP contribution in [-0.2, 0) is 11.3 Å². The van der Waals surface area contributed by atoms with Crippen molar-refractivity contribution in [3.63, 3.8) is 0 Å². The Morgan fingerprint density at radius 2 is 1.87 bits per heavy atom. The lowest BCUT2D eigenvalue weighted by Crippen LogP contribution is -2.38. The van der Waals surface area contributed by atoms with Crippen LogP contribution in [0.25, 0.3) is 22.6 Å². The third-order valence-electron chi connectivity index (χ3n) is 7.25. The number of oxazole rings is 1. The number of amides is 1. The first-order chi connectivity index (χ1) is 19.0. The third kappa shape index (κ3) is 4.90. The molecule has 1 aliphatic carbocycles. The molecule has 1 amide bonds. The molecule has 198 valence electrons. The van der Waals surface area contributed by atoms with Gasteiger partial charge in [-0.2, -0.15) is 5.10 Å². The van der Waals surface area contributed by atoms with Gasteiger partial charge < -0.3 is 9.52 Å². The molecule has 1 aliphatic rings. The fourth-order valence-corrected chi connectivity index (χ4v) is 5.05. The molecule has 0 radical (unpaired) electrons. The zero-order valence-electron chi connectivity index (χ0n) is 21.3. The molecule has 0 bridgehead atoms. The molecule has 4 heterocycles. The molecule has 0 unspecified atom stereocenters. The average molecular weight is 526 g/mol. The minimum absolute atomic E-state index is 0.00393. The molecule has 5 aromatic rings. The van der Waals surface area contributed by atoms with Crippen molar-refractivity contribution in [1.29, 1.82) is 0 Å². The van der Waals surface area contributed by atoms with E-state index >= 15 is 0 Å². The molecule has 1 fully saturated rings. The minimum atomic E-state index is -1.17. The molecule has 0 aliphatic heterocycles. The highest BCUT2D eigenvalue weighted by Crippen LogP contribution is 2.33. The second-order valence-corrected chi connectivity index (χ2v) is 9.92. The van der Waals surface area contributed by atoms with E-state index in [1.165, 1.54) is 28.2 Å². The van der Waals surface area contributed by atoms with Gasteiger partial charge in [0.1, 0.15) is 18.4 Å². The summed E-state index contributed by atoms with van der Waals surface area (Å²) in [7, 11) is 0. The summed E-state index contributed by atoms with van der Waals surface area (Å²) in [5.74, 6) is -0.592. The minimum Gasteiger partial charge on any atom is -0.477 e. The Kier molecular flexibility index (Phi) is 6.39. The van der Waals surface area contributed by atoms with E-state index in [2.05, 4.69) is 27.1 Å². The Morgan fingerprint density at radius 1 is 1.08 bits per heavy atom. The quantitative estimate of drug-likeness (QED) is 0.325. The van der Waals surface area contributed by atoms with Gasteiger partial charge in [0.05, 0.1) is 17.6 Å². The van der Waals surface area contributed by atoms with Gasteiger partial charge in [0.2, 0.25) is 11.8 Å². The van der Waals surface area contributed by atoms with Crippen LogP contribution in [0.1, 0.15) is 48.9 Å². The number of aromatic carboxylic acids is 1. The van der Waals surface area contributed by atoms with Gasteiger partial charge in [-0.05, 0) is 49.8 Å². The van der Waals surface area contributed by atoms with Gasteiger partial charge in [0, 0.05) is 36.1 Å². The summed E-state index contributed by atoms with van der Waals surface area (Å²) in [6.45, 7) is 2.18. The molecule has 1 saturated carbocycles. The number of rotatable bonds is 7. The van der Waals surface area contributed by atoms with Crippen LogP contribution in [-0.4, -0.2) is 46.3 Å². The number of carbonyl (C=O) groups is 2. The maximum atomic E-state index is 13.7. The number of hydrogen-bond acceptors (Lipinski definition) is 7. The van der Waals surface area contributed by atoms with Crippen molar-refractivity contribution >= 4 is 23.3 Å². The van der Waals surface area contributed by atoms with E-state index < -0.39 is 5.97 Å². The molecule has 0 spiro atoms. The number of hydrogen-bond donors (Lipinski definition) is 1. The van der Waals surface area contributed by atoms with E-state index in [-0.39, 0.29) is 29.8 Å². The second-order valence-electron chi connectivity index (χ2n) is 9.92. The summed E-state index contributed by atoms with van der Waals surface area (Å²) in [5, 5.41) is 19.2. The summed E-state index contributed by atoms with van der Waals surface area (Å²) in [5.41, 5.74) is 2.95. The number of carboxylic acid groups (broad SMARTS) is 1. The van der Waals surface area contributed by atoms with E-state index in [4.69, 9.17) is 4.42 Å². The SMILES string of the molecule is C[C@H]1CC[C@H](C(=O)N(Cc2ncco2)c2nn(-c3ccc(-c4cc5ncccn5n4)cc3)cc2C(=O)O)CC1. The topological polar surface area (TPSA) is 132 Å². The Labute approximate surface area is 223 Å². The largest absolute Gasteiger partial charge is 0.477 e. The van der Waals surface area contributed by atoms with Gasteiger partial charge in [-0.3, -0.25) is 9.69 Å². The van der Waals surface area contributed by atoms with E-state index in [9.17, 15) is 14.7 Å². The first-order valence-corrected chi connectivity index (χ1v) is 12.9. The van der Waals surface area contributed by atoms with Crippen molar-refractivity contribution in [2.45, 2.75) is 39.2 Å². The van der Waals surface area contributed by atoms with E-state index in [0.717, 1.165) is 42.6 Å². The Balaban J connectivity index is 1.33. The van der Waals surface area contributed by atoms with Crippen molar-refractivity contribution in [2.24, 2.45) is 11.8 Å². The van der Waals surface area contributed by atoms with Gasteiger partial charge in [0.25, 0.3) is 0 Å². The van der Waals surface area contributed by atoms with E-state index in [1.54, 1.807) is 10.7 Å². The highest BCUT2D eigenvalue weighted by atomic mass is 16.4. The average Bonchev–Trinajstić information content (AvgIpc) is 3.71. The molecule has 39 heavy (non-hydrogen) atoms. The summed E-state index contributed by atoms with van der Waals surface area (Å²) in [6.07, 6.45) is 11.3. The normalized spacial score (nSPS) is 17.4. The number of carbonyl (C=O) groups excluding carboxylic acids is 1. The van der Waals surface area contributed by atoms with Gasteiger partial charge in [-0.25, -0.2) is 24.0 Å². The first kappa shape index (κ1) is 24.5. The van der Waals surface area contributed by atoms with Crippen LogP contribution in [0.3, 0.4) is 0 Å². The molecule has 11 heteroatoms. The van der Waals surface area contributed by atoms with Crippen LogP contribution in [0, 0.1) is 11.8 Å². The van der Waals surface area contributed by atoms with Crippen LogP contribution in [0.5, 0.6) is 0 Å². The molecule has 0 atom stereocenters. The third-order valence-corrected chi connectivity index (χ3v) is 7.25. The summed E-state index contributed by atoms with van der Waals surface area (Å²) in [6, 6.07) is 11.1. The summed E-state index contributed by atoms with van der Waals surface area (Å²) >= 11 is 0. The van der Waals surface area contributed by atoms with E-state index in [0.29, 0.717) is 17.5 Å². The number of benzene rings is 1. The van der Waals surface area contributed by atoms with Crippen molar-refractivity contribution in [3.05, 3.63) is 78.9 Å². The lowest BCUT2D eigenvalue weighted by Gasteiger charge is -2.29. The molecule has 11 nitrogen and oxygen atoms in total. The highest BCUT2D eigenvalue weighted by Gasteiger charge is 2.33. The molecule has 1 N–H and O–H groups in total. The number of anilines is 1. The molecule has 6 rings (SSSR count). The Hall–Kier alpha value is -4.80. The van der Waals surface area contributed by atoms with Crippen LogP contribution in [0.2, 0.25) is 0 Å². The highest BCUT2D eigenvalue weighted by molar-refractivity contribution is 6.01. The predicted molar refractivity (Wildman–Crippen MR) is 141 cm³/mol. The van der Waals surface area contributed by atoms with Crippen molar-refractivity contribution < 1.29 is 19.1 Å². The van der Waals surface area contributed by atoms with Gasteiger partial charge in [-0.15, -0.1) is 5.10 Å². The molecule has 0 saturated heterocycles. The fourth-order valence-electron chi connectivity index (χ4n) is 5.05. The maximum Gasteiger partial charge on any atom is 0.341 e. The first-order valence-electron chi connectivity index (χ1n) is 12.9. The van der Waals surface area contributed by atoms with Crippen LogP contribution >= 0.6 is 0 Å². The lowest BCUT2D eigenvalue weighted by atomic mass is 9.82. The number of carboxylic acids is 1. The van der Waals surface area contributed by atoms with Crippen molar-refractivity contribution in [1.82, 2.24) is 29.4 Å². The monoisotopic (exact) mass is 525 g/mol.